The van der Waals surface area contributed by atoms with Gasteiger partial charge in [-0.3, -0.25) is 0 Å². The molecule has 0 saturated carbocycles. The molecule has 1 N–H and O–H groups in total. The minimum Gasteiger partial charge on any atom is -0.497 e. The normalized spacial score (nSPS) is 10.2. The van der Waals surface area contributed by atoms with Gasteiger partial charge in [-0.1, -0.05) is 0 Å². The highest BCUT2D eigenvalue weighted by Crippen LogP contribution is 2.23. The summed E-state index contributed by atoms with van der Waals surface area (Å²) < 4.78 is 10.5. The first-order valence-electron chi connectivity index (χ1n) is 5.66. The van der Waals surface area contributed by atoms with Gasteiger partial charge in [0.25, 0.3) is 0 Å². The predicted octanol–water partition coefficient (Wildman–Crippen LogP) is 2.82. The van der Waals surface area contributed by atoms with E-state index in [9.17, 15) is 0 Å². The maximum Gasteiger partial charge on any atom is 0.122 e. The summed E-state index contributed by atoms with van der Waals surface area (Å²) >= 11 is 0. The van der Waals surface area contributed by atoms with Crippen LogP contribution in [0.1, 0.15) is 11.3 Å². The fourth-order valence-corrected chi connectivity index (χ4v) is 1.81. The number of ether oxygens (including phenoxy) is 2. The van der Waals surface area contributed by atoms with Crippen LogP contribution in [0.3, 0.4) is 0 Å². The van der Waals surface area contributed by atoms with E-state index in [0.29, 0.717) is 0 Å². The lowest BCUT2D eigenvalue weighted by atomic mass is 10.1. The van der Waals surface area contributed by atoms with Gasteiger partial charge in [0, 0.05) is 18.0 Å². The van der Waals surface area contributed by atoms with Gasteiger partial charge >= 0.3 is 0 Å². The monoisotopic (exact) mass is 231 g/mol. The smallest absolute Gasteiger partial charge is 0.122 e. The van der Waals surface area contributed by atoms with Crippen molar-refractivity contribution in [1.29, 1.82) is 0 Å². The van der Waals surface area contributed by atoms with Crippen LogP contribution >= 0.6 is 0 Å². The molecule has 0 amide bonds. The molecule has 0 aliphatic heterocycles. The summed E-state index contributed by atoms with van der Waals surface area (Å²) in [4.78, 5) is 3.20. The van der Waals surface area contributed by atoms with Crippen LogP contribution in [0.25, 0.3) is 0 Å². The molecule has 2 rings (SSSR count). The molecule has 1 aromatic heterocycles. The highest BCUT2D eigenvalue weighted by molar-refractivity contribution is 5.38. The molecule has 0 unspecified atom stereocenters. The molecule has 0 atom stereocenters. The Kier molecular flexibility index (Phi) is 3.70. The van der Waals surface area contributed by atoms with Crippen molar-refractivity contribution in [3.8, 4) is 11.5 Å². The van der Waals surface area contributed by atoms with E-state index in [4.69, 9.17) is 9.47 Å². The minimum absolute atomic E-state index is 0.839. The Labute approximate surface area is 101 Å². The van der Waals surface area contributed by atoms with Crippen LogP contribution in [0.5, 0.6) is 11.5 Å². The van der Waals surface area contributed by atoms with Gasteiger partial charge in [0.05, 0.1) is 14.2 Å². The lowest BCUT2D eigenvalue weighted by Crippen LogP contribution is -1.94. The molecule has 1 heterocycles. The Morgan fingerprint density at radius 1 is 1.00 bits per heavy atom. The summed E-state index contributed by atoms with van der Waals surface area (Å²) in [5.74, 6) is 1.68. The van der Waals surface area contributed by atoms with Crippen molar-refractivity contribution in [3.63, 3.8) is 0 Å². The number of rotatable bonds is 5. The Morgan fingerprint density at radius 2 is 1.71 bits per heavy atom. The third-order valence-electron chi connectivity index (χ3n) is 2.76. The van der Waals surface area contributed by atoms with Crippen LogP contribution in [0.2, 0.25) is 0 Å². The number of aryl methyl sites for hydroxylation is 2. The van der Waals surface area contributed by atoms with Crippen LogP contribution in [-0.2, 0) is 12.8 Å². The molecule has 3 nitrogen and oxygen atoms in total. The Morgan fingerprint density at radius 3 is 2.24 bits per heavy atom. The number of nitrogens with one attached hydrogen (secondary N) is 1. The molecular formula is C14H17NO2. The number of aromatic amines is 1. The zero-order valence-electron chi connectivity index (χ0n) is 10.2. The van der Waals surface area contributed by atoms with Crippen molar-refractivity contribution in [1.82, 2.24) is 4.98 Å². The first-order chi connectivity index (χ1) is 8.31. The maximum absolute atomic E-state index is 5.25. The van der Waals surface area contributed by atoms with E-state index >= 15 is 0 Å². The summed E-state index contributed by atoms with van der Waals surface area (Å²) in [5.41, 5.74) is 2.46. The van der Waals surface area contributed by atoms with Crippen molar-refractivity contribution in [2.24, 2.45) is 0 Å². The fraction of sp³-hybridized carbons (Fsp3) is 0.286. The van der Waals surface area contributed by atoms with Crippen molar-refractivity contribution < 1.29 is 9.47 Å². The molecule has 0 radical (unpaired) electrons. The highest BCUT2D eigenvalue weighted by atomic mass is 16.5. The summed E-state index contributed by atoms with van der Waals surface area (Å²) in [5, 5.41) is 0. The Hall–Kier alpha value is -1.90. The van der Waals surface area contributed by atoms with E-state index in [1.807, 2.05) is 30.5 Å². The van der Waals surface area contributed by atoms with Gasteiger partial charge in [0.2, 0.25) is 0 Å². The Bertz CT molecular complexity index is 441. The van der Waals surface area contributed by atoms with Gasteiger partial charge < -0.3 is 14.5 Å². The van der Waals surface area contributed by atoms with Crippen molar-refractivity contribution in [2.45, 2.75) is 12.8 Å². The molecule has 1 aromatic carbocycles. The SMILES string of the molecule is COc1cc(CCc2ccc[nH]2)cc(OC)c1. The molecule has 0 saturated heterocycles. The Balaban J connectivity index is 2.09. The number of hydrogen-bond donors (Lipinski definition) is 1. The van der Waals surface area contributed by atoms with Gasteiger partial charge in [0.1, 0.15) is 11.5 Å². The second-order valence-corrected chi connectivity index (χ2v) is 3.92. The molecule has 0 bridgehead atoms. The summed E-state index contributed by atoms with van der Waals surface area (Å²) in [6.45, 7) is 0. The van der Waals surface area contributed by atoms with Crippen LogP contribution in [0.4, 0.5) is 0 Å². The number of hydrogen-bond acceptors (Lipinski definition) is 2. The second kappa shape index (κ2) is 5.43. The average Bonchev–Trinajstić information content (AvgIpc) is 2.89. The van der Waals surface area contributed by atoms with Crippen molar-refractivity contribution >= 4 is 0 Å². The molecule has 3 heteroatoms. The van der Waals surface area contributed by atoms with E-state index in [-0.39, 0.29) is 0 Å². The summed E-state index contributed by atoms with van der Waals surface area (Å²) in [7, 11) is 3.34. The van der Waals surface area contributed by atoms with Crippen molar-refractivity contribution in [3.05, 3.63) is 47.8 Å². The molecule has 17 heavy (non-hydrogen) atoms. The van der Waals surface area contributed by atoms with Crippen LogP contribution in [-0.4, -0.2) is 19.2 Å². The standard InChI is InChI=1S/C14H17NO2/c1-16-13-8-11(9-14(10-13)17-2)5-6-12-4-3-7-15-12/h3-4,7-10,15H,5-6H2,1-2H3. The zero-order chi connectivity index (χ0) is 12.1. The van der Waals surface area contributed by atoms with E-state index in [1.165, 1.54) is 11.3 Å². The molecule has 0 aliphatic carbocycles. The first-order valence-corrected chi connectivity index (χ1v) is 5.66. The molecule has 0 spiro atoms. The van der Waals surface area contributed by atoms with Crippen LogP contribution in [0, 0.1) is 0 Å². The topological polar surface area (TPSA) is 34.2 Å². The van der Waals surface area contributed by atoms with Gasteiger partial charge in [-0.15, -0.1) is 0 Å². The third-order valence-corrected chi connectivity index (χ3v) is 2.76. The predicted molar refractivity (Wildman–Crippen MR) is 67.7 cm³/mol. The summed E-state index contributed by atoms with van der Waals surface area (Å²) in [6.07, 6.45) is 3.90. The molecule has 0 aliphatic rings. The second-order valence-electron chi connectivity index (χ2n) is 3.92. The fourth-order valence-electron chi connectivity index (χ4n) is 1.81. The maximum atomic E-state index is 5.25. The molecule has 2 aromatic rings. The molecular weight excluding hydrogens is 214 g/mol. The molecule has 90 valence electrons. The largest absolute Gasteiger partial charge is 0.497 e. The van der Waals surface area contributed by atoms with Gasteiger partial charge in [-0.25, -0.2) is 0 Å². The van der Waals surface area contributed by atoms with Crippen LogP contribution in [0.15, 0.2) is 36.5 Å². The first kappa shape index (κ1) is 11.6. The van der Waals surface area contributed by atoms with Crippen molar-refractivity contribution in [2.75, 3.05) is 14.2 Å². The zero-order valence-corrected chi connectivity index (χ0v) is 10.2. The molecule has 0 fully saturated rings. The lowest BCUT2D eigenvalue weighted by molar-refractivity contribution is 0.393. The van der Waals surface area contributed by atoms with Gasteiger partial charge in [-0.05, 0) is 42.7 Å². The van der Waals surface area contributed by atoms with Gasteiger partial charge in [0.15, 0.2) is 0 Å². The van der Waals surface area contributed by atoms with E-state index < -0.39 is 0 Å². The van der Waals surface area contributed by atoms with E-state index in [0.717, 1.165) is 24.3 Å². The average molecular weight is 231 g/mol. The number of methoxy groups -OCH3 is 2. The van der Waals surface area contributed by atoms with Crippen LogP contribution < -0.4 is 9.47 Å². The summed E-state index contributed by atoms with van der Waals surface area (Å²) in [6, 6.07) is 10.1. The highest BCUT2D eigenvalue weighted by Gasteiger charge is 2.02. The number of H-pyrrole nitrogens is 1. The van der Waals surface area contributed by atoms with E-state index in [2.05, 4.69) is 11.1 Å². The number of benzene rings is 1. The quantitative estimate of drug-likeness (QED) is 0.858. The third kappa shape index (κ3) is 3.03. The number of aromatic nitrogens is 1. The lowest BCUT2D eigenvalue weighted by Gasteiger charge is -2.08. The van der Waals surface area contributed by atoms with Gasteiger partial charge in [-0.2, -0.15) is 0 Å². The van der Waals surface area contributed by atoms with E-state index in [1.54, 1.807) is 14.2 Å². The minimum atomic E-state index is 0.839.